The standard InChI is InChI=1S/C30H29NO5/c1-33-28-12-11-19(15-29(28)34-2)20-13-21-16-35-17-22(14-20)31(21)30(32)36-18-27-25-9-5-3-7-23(25)24-8-4-6-10-26(24)27/h3-13,15,21-22,27H,14,16-18H2,1-2H3. The Morgan fingerprint density at radius 1 is 0.917 bits per heavy atom. The summed E-state index contributed by atoms with van der Waals surface area (Å²) >= 11 is 0. The van der Waals surface area contributed by atoms with Gasteiger partial charge in [0.1, 0.15) is 6.61 Å². The van der Waals surface area contributed by atoms with Crippen molar-refractivity contribution in [1.29, 1.82) is 0 Å². The minimum atomic E-state index is -0.280. The minimum absolute atomic E-state index is 0.0418. The molecular formula is C30H29NO5. The van der Waals surface area contributed by atoms with Gasteiger partial charge >= 0.3 is 6.09 Å². The number of carbonyl (C=O) groups excluding carboxylic acids is 1. The van der Waals surface area contributed by atoms with Crippen LogP contribution in [0.1, 0.15) is 29.0 Å². The van der Waals surface area contributed by atoms with Crippen LogP contribution in [0.25, 0.3) is 16.7 Å². The lowest BCUT2D eigenvalue weighted by Crippen LogP contribution is -2.56. The lowest BCUT2D eigenvalue weighted by molar-refractivity contribution is -0.0331. The average Bonchev–Trinajstić information content (AvgIpc) is 3.24. The van der Waals surface area contributed by atoms with Gasteiger partial charge < -0.3 is 18.9 Å². The van der Waals surface area contributed by atoms with E-state index in [0.29, 0.717) is 37.7 Å². The zero-order valence-electron chi connectivity index (χ0n) is 20.5. The van der Waals surface area contributed by atoms with Gasteiger partial charge in [0.15, 0.2) is 11.5 Å². The molecule has 0 radical (unpaired) electrons. The second kappa shape index (κ2) is 9.36. The molecule has 0 saturated carbocycles. The topological polar surface area (TPSA) is 57.2 Å². The molecule has 2 bridgehead atoms. The highest BCUT2D eigenvalue weighted by Gasteiger charge is 2.40. The smallest absolute Gasteiger partial charge is 0.410 e. The van der Waals surface area contributed by atoms with Gasteiger partial charge in [0, 0.05) is 5.92 Å². The first-order valence-electron chi connectivity index (χ1n) is 12.3. The second-order valence-electron chi connectivity index (χ2n) is 9.44. The van der Waals surface area contributed by atoms with Crippen molar-refractivity contribution in [2.75, 3.05) is 34.0 Å². The molecule has 6 rings (SSSR count). The Balaban J connectivity index is 1.21. The first-order valence-corrected chi connectivity index (χ1v) is 12.3. The maximum Gasteiger partial charge on any atom is 0.410 e. The highest BCUT2D eigenvalue weighted by Crippen LogP contribution is 2.45. The molecule has 6 nitrogen and oxygen atoms in total. The van der Waals surface area contributed by atoms with E-state index in [1.165, 1.54) is 27.8 Å². The summed E-state index contributed by atoms with van der Waals surface area (Å²) in [5, 5.41) is 0. The molecule has 2 heterocycles. The van der Waals surface area contributed by atoms with Crippen LogP contribution in [-0.4, -0.2) is 57.1 Å². The van der Waals surface area contributed by atoms with Crippen molar-refractivity contribution in [2.24, 2.45) is 0 Å². The fourth-order valence-electron chi connectivity index (χ4n) is 5.80. The molecule has 0 N–H and O–H groups in total. The number of nitrogens with zero attached hydrogens (tertiary/aromatic N) is 1. The molecule has 3 aliphatic rings. The number of amides is 1. The lowest BCUT2D eigenvalue weighted by atomic mass is 9.90. The molecule has 2 aliphatic heterocycles. The van der Waals surface area contributed by atoms with Crippen molar-refractivity contribution < 1.29 is 23.7 Å². The molecule has 6 heteroatoms. The van der Waals surface area contributed by atoms with Crippen LogP contribution in [0.2, 0.25) is 0 Å². The second-order valence-corrected chi connectivity index (χ2v) is 9.44. The molecule has 1 saturated heterocycles. The van der Waals surface area contributed by atoms with Gasteiger partial charge in [-0.25, -0.2) is 4.79 Å². The van der Waals surface area contributed by atoms with Crippen LogP contribution in [-0.2, 0) is 9.47 Å². The van der Waals surface area contributed by atoms with Crippen LogP contribution in [0.5, 0.6) is 11.5 Å². The number of rotatable bonds is 5. The Morgan fingerprint density at radius 3 is 2.28 bits per heavy atom. The van der Waals surface area contributed by atoms with Gasteiger partial charge in [-0.3, -0.25) is 4.90 Å². The number of benzene rings is 3. The minimum Gasteiger partial charge on any atom is -0.493 e. The molecule has 1 aliphatic carbocycles. The summed E-state index contributed by atoms with van der Waals surface area (Å²) in [7, 11) is 3.27. The summed E-state index contributed by atoms with van der Waals surface area (Å²) in [5.74, 6) is 1.43. The lowest BCUT2D eigenvalue weighted by Gasteiger charge is -2.44. The Morgan fingerprint density at radius 2 is 1.61 bits per heavy atom. The van der Waals surface area contributed by atoms with Crippen LogP contribution in [0.15, 0.2) is 72.8 Å². The Kier molecular flexibility index (Phi) is 5.89. The molecule has 1 amide bonds. The van der Waals surface area contributed by atoms with Crippen molar-refractivity contribution in [3.63, 3.8) is 0 Å². The van der Waals surface area contributed by atoms with Gasteiger partial charge in [0.25, 0.3) is 0 Å². The molecule has 3 aromatic rings. The average molecular weight is 484 g/mol. The van der Waals surface area contributed by atoms with Crippen molar-refractivity contribution in [1.82, 2.24) is 4.90 Å². The van der Waals surface area contributed by atoms with Crippen LogP contribution in [0, 0.1) is 0 Å². The summed E-state index contributed by atoms with van der Waals surface area (Å²) in [6, 6.07) is 22.5. The molecule has 3 aromatic carbocycles. The Labute approximate surface area is 211 Å². The fourth-order valence-corrected chi connectivity index (χ4v) is 5.80. The fraction of sp³-hybridized carbons (Fsp3) is 0.300. The first kappa shape index (κ1) is 22.7. The summed E-state index contributed by atoms with van der Waals surface area (Å²) in [4.78, 5) is 15.3. The Hall–Kier alpha value is -3.77. The number of methoxy groups -OCH3 is 2. The van der Waals surface area contributed by atoms with Crippen LogP contribution >= 0.6 is 0 Å². The normalized spacial score (nSPS) is 20.3. The van der Waals surface area contributed by atoms with E-state index in [-0.39, 0.29) is 24.1 Å². The number of fused-ring (bicyclic) bond motifs is 5. The molecule has 1 fully saturated rings. The SMILES string of the molecule is COc1ccc(C2=CC3COCC(C2)N3C(=O)OCC2c3ccccc3-c3ccccc32)cc1OC. The van der Waals surface area contributed by atoms with Crippen molar-refractivity contribution in [3.05, 3.63) is 89.5 Å². The van der Waals surface area contributed by atoms with Crippen molar-refractivity contribution >= 4 is 11.7 Å². The number of morpholine rings is 1. The van der Waals surface area contributed by atoms with E-state index in [2.05, 4.69) is 42.5 Å². The van der Waals surface area contributed by atoms with E-state index in [1.807, 2.05) is 35.2 Å². The van der Waals surface area contributed by atoms with Crippen LogP contribution in [0.4, 0.5) is 4.79 Å². The zero-order chi connectivity index (χ0) is 24.6. The van der Waals surface area contributed by atoms with Gasteiger partial charge in [0.05, 0.1) is 39.5 Å². The molecule has 36 heavy (non-hydrogen) atoms. The highest BCUT2D eigenvalue weighted by atomic mass is 16.6. The third kappa shape index (κ3) is 3.82. The third-order valence-electron chi connectivity index (χ3n) is 7.50. The number of hydrogen-bond acceptors (Lipinski definition) is 5. The predicted octanol–water partition coefficient (Wildman–Crippen LogP) is 5.51. The van der Waals surface area contributed by atoms with Crippen molar-refractivity contribution in [3.8, 4) is 22.6 Å². The Bertz CT molecular complexity index is 1290. The largest absolute Gasteiger partial charge is 0.493 e. The van der Waals surface area contributed by atoms with E-state index >= 15 is 0 Å². The van der Waals surface area contributed by atoms with E-state index in [1.54, 1.807) is 14.2 Å². The molecule has 0 aromatic heterocycles. The van der Waals surface area contributed by atoms with Gasteiger partial charge in [-0.15, -0.1) is 0 Å². The van der Waals surface area contributed by atoms with E-state index in [0.717, 1.165) is 5.56 Å². The molecule has 2 unspecified atom stereocenters. The van der Waals surface area contributed by atoms with Gasteiger partial charge in [-0.2, -0.15) is 0 Å². The number of carbonyl (C=O) groups is 1. The molecule has 184 valence electrons. The highest BCUT2D eigenvalue weighted by molar-refractivity contribution is 5.79. The monoisotopic (exact) mass is 483 g/mol. The van der Waals surface area contributed by atoms with Gasteiger partial charge in [-0.05, 0) is 51.9 Å². The van der Waals surface area contributed by atoms with Crippen LogP contribution in [0.3, 0.4) is 0 Å². The van der Waals surface area contributed by atoms with Crippen molar-refractivity contribution in [2.45, 2.75) is 24.4 Å². The van der Waals surface area contributed by atoms with Gasteiger partial charge in [-0.1, -0.05) is 60.7 Å². The maximum atomic E-state index is 13.4. The zero-order valence-corrected chi connectivity index (χ0v) is 20.5. The maximum absolute atomic E-state index is 13.4. The quantitative estimate of drug-likeness (QED) is 0.479. The van der Waals surface area contributed by atoms with E-state index in [9.17, 15) is 4.79 Å². The van der Waals surface area contributed by atoms with E-state index < -0.39 is 0 Å². The summed E-state index contributed by atoms with van der Waals surface area (Å²) < 4.78 is 22.7. The predicted molar refractivity (Wildman–Crippen MR) is 137 cm³/mol. The molecule has 2 atom stereocenters. The van der Waals surface area contributed by atoms with E-state index in [4.69, 9.17) is 18.9 Å². The summed E-state index contributed by atoms with van der Waals surface area (Å²) in [5.41, 5.74) is 7.11. The summed E-state index contributed by atoms with van der Waals surface area (Å²) in [6.07, 6.45) is 2.53. The first-order chi connectivity index (χ1) is 17.7. The summed E-state index contributed by atoms with van der Waals surface area (Å²) in [6.45, 7) is 1.26. The molecular weight excluding hydrogens is 454 g/mol. The van der Waals surface area contributed by atoms with Crippen LogP contribution < -0.4 is 9.47 Å². The third-order valence-corrected chi connectivity index (χ3v) is 7.50. The number of ether oxygens (including phenoxy) is 4. The molecule has 0 spiro atoms. The van der Waals surface area contributed by atoms with Gasteiger partial charge in [0.2, 0.25) is 0 Å². The number of hydrogen-bond donors (Lipinski definition) is 0.